The number of rotatable bonds is 2. The fourth-order valence-electron chi connectivity index (χ4n) is 4.04. The molecule has 0 bridgehead atoms. The van der Waals surface area contributed by atoms with Gasteiger partial charge in [-0.15, -0.1) is 11.3 Å². The van der Waals surface area contributed by atoms with E-state index in [0.29, 0.717) is 32.0 Å². The molecule has 2 aromatic heterocycles. The summed E-state index contributed by atoms with van der Waals surface area (Å²) >= 11 is 1.25. The molecule has 2 heterocycles. The van der Waals surface area contributed by atoms with E-state index in [-0.39, 0.29) is 23.0 Å². The first-order chi connectivity index (χ1) is 16.3. The molecule has 8 heteroatoms. The summed E-state index contributed by atoms with van der Waals surface area (Å²) in [5, 5.41) is 1.74. The van der Waals surface area contributed by atoms with E-state index in [1.54, 1.807) is 18.2 Å². The number of alkyl halides is 3. The maximum atomic E-state index is 12.9. The van der Waals surface area contributed by atoms with Gasteiger partial charge in [0.05, 0.1) is 11.1 Å². The minimum absolute atomic E-state index is 0.0119. The van der Waals surface area contributed by atoms with Gasteiger partial charge >= 0.3 is 6.18 Å². The quantitative estimate of drug-likeness (QED) is 0.200. The van der Waals surface area contributed by atoms with Gasteiger partial charge in [0, 0.05) is 28.1 Å². The summed E-state index contributed by atoms with van der Waals surface area (Å²) < 4.78 is 44.1. The molecule has 166 valence electrons. The van der Waals surface area contributed by atoms with E-state index in [9.17, 15) is 22.8 Å². The van der Waals surface area contributed by atoms with Crippen LogP contribution in [0.25, 0.3) is 37.7 Å². The molecular formula is C26H12F3NO3S. The normalized spacial score (nSPS) is 13.8. The van der Waals surface area contributed by atoms with Crippen molar-refractivity contribution in [1.29, 1.82) is 0 Å². The van der Waals surface area contributed by atoms with Gasteiger partial charge in [0.15, 0.2) is 22.0 Å². The Morgan fingerprint density at radius 2 is 1.47 bits per heavy atom. The highest BCUT2D eigenvalue weighted by Crippen LogP contribution is 2.37. The first kappa shape index (κ1) is 20.6. The van der Waals surface area contributed by atoms with Gasteiger partial charge in [0.1, 0.15) is 0 Å². The average Bonchev–Trinajstić information content (AvgIpc) is 3.45. The van der Waals surface area contributed by atoms with Gasteiger partial charge in [-0.05, 0) is 40.6 Å². The molecule has 3 aromatic carbocycles. The Hall–Kier alpha value is -4.04. The molecule has 0 spiro atoms. The number of carbonyl (C=O) groups is 2. The lowest BCUT2D eigenvalue weighted by atomic mass is 10.0. The van der Waals surface area contributed by atoms with E-state index in [1.807, 2.05) is 24.3 Å². The first-order valence-corrected chi connectivity index (χ1v) is 11.0. The molecule has 0 N–H and O–H groups in total. The summed E-state index contributed by atoms with van der Waals surface area (Å²) in [6.45, 7) is 0. The number of hydrogen-bond acceptors (Lipinski definition) is 5. The number of benzene rings is 3. The highest BCUT2D eigenvalue weighted by Gasteiger charge is 2.34. The fraction of sp³-hybridized carbons (Fsp3) is 0.0385. The molecule has 0 unspecified atom stereocenters. The zero-order chi connectivity index (χ0) is 23.6. The van der Waals surface area contributed by atoms with Crippen LogP contribution in [0.2, 0.25) is 0 Å². The number of halogens is 3. The molecule has 0 radical (unpaired) electrons. The highest BCUT2D eigenvalue weighted by molar-refractivity contribution is 7.21. The number of allylic oxidation sites excluding steroid dienone is 1. The van der Waals surface area contributed by atoms with Crippen LogP contribution in [0.5, 0.6) is 0 Å². The van der Waals surface area contributed by atoms with Gasteiger partial charge in [-0.25, -0.2) is 0 Å². The van der Waals surface area contributed by atoms with Crippen LogP contribution in [0.1, 0.15) is 32.2 Å². The van der Waals surface area contributed by atoms with Crippen molar-refractivity contribution >= 4 is 50.2 Å². The standard InChI is InChI=1S/C26H12F3NO3S/c27-26(28,29)16-7-5-13(6-8-16)21-12-20-25(34-21)30-22(33-20)11-19-23(31)17-9-14-3-1-2-4-15(14)10-18(17)24(19)32/h1-12H. The molecule has 1 aliphatic rings. The number of fused-ring (bicyclic) bond motifs is 3. The Bertz CT molecular complexity index is 1590. The number of ketones is 2. The Morgan fingerprint density at radius 3 is 2.03 bits per heavy atom. The number of oxazole rings is 1. The molecule has 0 saturated carbocycles. The summed E-state index contributed by atoms with van der Waals surface area (Å²) in [4.78, 5) is 31.4. The predicted octanol–water partition coefficient (Wildman–Crippen LogP) is 7.19. The van der Waals surface area contributed by atoms with Crippen LogP contribution in [-0.4, -0.2) is 16.6 Å². The van der Waals surface area contributed by atoms with E-state index in [2.05, 4.69) is 4.98 Å². The van der Waals surface area contributed by atoms with Gasteiger partial charge in [0.25, 0.3) is 0 Å². The Balaban J connectivity index is 1.32. The predicted molar refractivity (Wildman–Crippen MR) is 123 cm³/mol. The minimum Gasteiger partial charge on any atom is -0.436 e. The molecule has 0 atom stereocenters. The molecule has 0 amide bonds. The lowest BCUT2D eigenvalue weighted by Crippen LogP contribution is -2.03. The van der Waals surface area contributed by atoms with Gasteiger partial charge in [-0.1, -0.05) is 36.4 Å². The zero-order valence-corrected chi connectivity index (χ0v) is 18.0. The van der Waals surface area contributed by atoms with Crippen molar-refractivity contribution in [3.63, 3.8) is 0 Å². The number of nitrogens with zero attached hydrogens (tertiary/aromatic N) is 1. The summed E-state index contributed by atoms with van der Waals surface area (Å²) in [6.07, 6.45) is -3.05. The van der Waals surface area contributed by atoms with Gasteiger partial charge < -0.3 is 4.42 Å². The lowest BCUT2D eigenvalue weighted by molar-refractivity contribution is -0.137. The SMILES string of the molecule is O=C1C(=Cc2nc3sc(-c4ccc(C(F)(F)F)cc4)cc3o2)C(=O)c2cc3ccccc3cc21. The van der Waals surface area contributed by atoms with E-state index < -0.39 is 11.7 Å². The molecule has 4 nitrogen and oxygen atoms in total. The van der Waals surface area contributed by atoms with Crippen molar-refractivity contribution in [1.82, 2.24) is 4.98 Å². The van der Waals surface area contributed by atoms with Gasteiger partial charge in [-0.3, -0.25) is 9.59 Å². The van der Waals surface area contributed by atoms with Gasteiger partial charge in [0.2, 0.25) is 5.89 Å². The van der Waals surface area contributed by atoms with Crippen LogP contribution >= 0.6 is 11.3 Å². The first-order valence-electron chi connectivity index (χ1n) is 10.2. The molecule has 34 heavy (non-hydrogen) atoms. The summed E-state index contributed by atoms with van der Waals surface area (Å²) in [7, 11) is 0. The third-order valence-electron chi connectivity index (χ3n) is 5.73. The number of hydrogen-bond donors (Lipinski definition) is 0. The monoisotopic (exact) mass is 475 g/mol. The Labute approximate surface area is 194 Å². The molecule has 6 rings (SSSR count). The minimum atomic E-state index is -4.40. The van der Waals surface area contributed by atoms with Crippen LogP contribution in [0.4, 0.5) is 13.2 Å². The molecule has 0 aliphatic heterocycles. The van der Waals surface area contributed by atoms with Crippen molar-refractivity contribution in [3.05, 3.63) is 94.9 Å². The van der Waals surface area contributed by atoms with Crippen molar-refractivity contribution in [2.45, 2.75) is 6.18 Å². The number of thiophene rings is 1. The van der Waals surface area contributed by atoms with Crippen LogP contribution < -0.4 is 0 Å². The number of Topliss-reactive ketones (excluding diaryl/α,β-unsaturated/α-hetero) is 2. The van der Waals surface area contributed by atoms with Crippen molar-refractivity contribution in [2.75, 3.05) is 0 Å². The summed E-state index contributed by atoms with van der Waals surface area (Å²) in [5.74, 6) is -0.634. The van der Waals surface area contributed by atoms with Crippen molar-refractivity contribution < 1.29 is 27.2 Å². The maximum absolute atomic E-state index is 12.9. The molecule has 0 saturated heterocycles. The van der Waals surface area contributed by atoms with E-state index in [0.717, 1.165) is 22.9 Å². The van der Waals surface area contributed by atoms with Crippen LogP contribution in [0, 0.1) is 0 Å². The summed E-state index contributed by atoms with van der Waals surface area (Å²) in [6, 6.07) is 17.5. The van der Waals surface area contributed by atoms with E-state index in [4.69, 9.17) is 4.42 Å². The molecular weight excluding hydrogens is 463 g/mol. The third-order valence-corrected chi connectivity index (χ3v) is 6.79. The summed E-state index contributed by atoms with van der Waals surface area (Å²) in [5.41, 5.74) is 1.01. The second kappa shape index (κ2) is 7.23. The van der Waals surface area contributed by atoms with Crippen LogP contribution in [-0.2, 0) is 6.18 Å². The third kappa shape index (κ3) is 3.26. The average molecular weight is 475 g/mol. The van der Waals surface area contributed by atoms with Crippen molar-refractivity contribution in [2.24, 2.45) is 0 Å². The smallest absolute Gasteiger partial charge is 0.416 e. The van der Waals surface area contributed by atoms with Crippen LogP contribution in [0.15, 0.2) is 76.7 Å². The zero-order valence-electron chi connectivity index (χ0n) is 17.1. The second-order valence-electron chi connectivity index (χ2n) is 7.87. The van der Waals surface area contributed by atoms with Crippen LogP contribution in [0.3, 0.4) is 0 Å². The van der Waals surface area contributed by atoms with E-state index in [1.165, 1.54) is 29.5 Å². The lowest BCUT2D eigenvalue weighted by Gasteiger charge is -2.06. The molecule has 1 aliphatic carbocycles. The number of aromatic nitrogens is 1. The molecule has 0 fully saturated rings. The largest absolute Gasteiger partial charge is 0.436 e. The van der Waals surface area contributed by atoms with E-state index >= 15 is 0 Å². The fourth-order valence-corrected chi connectivity index (χ4v) is 5.01. The Kier molecular flexibility index (Phi) is 4.37. The Morgan fingerprint density at radius 1 is 0.853 bits per heavy atom. The topological polar surface area (TPSA) is 60.2 Å². The van der Waals surface area contributed by atoms with Crippen molar-refractivity contribution in [3.8, 4) is 10.4 Å². The van der Waals surface area contributed by atoms with Gasteiger partial charge in [-0.2, -0.15) is 18.2 Å². The highest BCUT2D eigenvalue weighted by atomic mass is 32.1. The maximum Gasteiger partial charge on any atom is 0.416 e. The number of carbonyl (C=O) groups excluding carboxylic acids is 2. The molecule has 5 aromatic rings. The second-order valence-corrected chi connectivity index (χ2v) is 8.90.